The zero-order valence-electron chi connectivity index (χ0n) is 32.5. The summed E-state index contributed by atoms with van der Waals surface area (Å²) in [6.07, 6.45) is 46.9. The highest BCUT2D eigenvalue weighted by molar-refractivity contribution is 5.69. The molecule has 0 amide bonds. The molecular weight excluding hydrogens is 624 g/mol. The molecule has 0 aromatic rings. The maximum atomic E-state index is 12.0. The van der Waals surface area contributed by atoms with E-state index in [0.29, 0.717) is 19.3 Å². The van der Waals surface area contributed by atoms with Crippen molar-refractivity contribution in [3.63, 3.8) is 0 Å². The molecule has 0 aromatic carbocycles. The van der Waals surface area contributed by atoms with Gasteiger partial charge in [-0.2, -0.15) is 0 Å². The van der Waals surface area contributed by atoms with E-state index in [-0.39, 0.29) is 31.3 Å². The molecule has 0 saturated heterocycles. The Labute approximate surface area is 308 Å². The van der Waals surface area contributed by atoms with E-state index in [9.17, 15) is 19.8 Å². The van der Waals surface area contributed by atoms with Crippen molar-refractivity contribution in [1.82, 2.24) is 0 Å². The van der Waals surface area contributed by atoms with Gasteiger partial charge in [0.15, 0.2) is 0 Å². The van der Waals surface area contributed by atoms with Crippen LogP contribution in [-0.2, 0) is 19.1 Å². The first-order valence-electron chi connectivity index (χ1n) is 20.8. The van der Waals surface area contributed by atoms with Gasteiger partial charge in [-0.25, -0.2) is 0 Å². The van der Waals surface area contributed by atoms with E-state index in [4.69, 9.17) is 9.47 Å². The molecule has 50 heavy (non-hydrogen) atoms. The van der Waals surface area contributed by atoms with Crippen LogP contribution in [0.3, 0.4) is 0 Å². The largest absolute Gasteiger partial charge is 0.463 e. The monoisotopic (exact) mass is 703 g/mol. The first-order valence-corrected chi connectivity index (χ1v) is 20.8. The van der Waals surface area contributed by atoms with Crippen LogP contribution >= 0.6 is 0 Å². The first-order chi connectivity index (χ1) is 24.5. The summed E-state index contributed by atoms with van der Waals surface area (Å²) in [6.45, 7) is 3.98. The number of carbonyl (C=O) groups is 2. The molecule has 0 spiro atoms. The van der Waals surface area contributed by atoms with Gasteiger partial charge in [-0.1, -0.05) is 172 Å². The molecule has 0 unspecified atom stereocenters. The number of carbonyl (C=O) groups excluding carboxylic acids is 2. The highest BCUT2D eigenvalue weighted by Gasteiger charge is 2.12. The number of hydrogen-bond donors (Lipinski definition) is 2. The van der Waals surface area contributed by atoms with Gasteiger partial charge >= 0.3 is 11.9 Å². The summed E-state index contributed by atoms with van der Waals surface area (Å²) in [5.74, 6) is -0.642. The number of unbranched alkanes of at least 4 members (excludes halogenated alkanes) is 18. The van der Waals surface area contributed by atoms with E-state index in [1.807, 2.05) is 6.92 Å². The lowest BCUT2D eigenvalue weighted by Gasteiger charge is -2.12. The molecule has 2 N–H and O–H groups in total. The Kier molecular flexibility index (Phi) is 37.9. The van der Waals surface area contributed by atoms with Crippen LogP contribution < -0.4 is 0 Å². The molecule has 2 atom stereocenters. The first kappa shape index (κ1) is 47.8. The quantitative estimate of drug-likeness (QED) is 0.0380. The van der Waals surface area contributed by atoms with Crippen LogP contribution in [0.25, 0.3) is 0 Å². The van der Waals surface area contributed by atoms with Crippen LogP contribution in [-0.4, -0.2) is 47.6 Å². The minimum absolute atomic E-state index is 0.140. The molecule has 0 aliphatic rings. The average Bonchev–Trinajstić information content (AvgIpc) is 3.12. The van der Waals surface area contributed by atoms with Crippen molar-refractivity contribution in [3.05, 3.63) is 48.6 Å². The third-order valence-corrected chi connectivity index (χ3v) is 8.98. The molecule has 0 aliphatic carbocycles. The minimum Gasteiger partial charge on any atom is -0.463 e. The molecule has 0 radical (unpaired) electrons. The summed E-state index contributed by atoms with van der Waals surface area (Å²) in [5, 5.41) is 19.5. The predicted octanol–water partition coefficient (Wildman–Crippen LogP) is 12.0. The van der Waals surface area contributed by atoms with Crippen LogP contribution in [0.4, 0.5) is 0 Å². The van der Waals surface area contributed by atoms with E-state index in [1.165, 1.54) is 96.3 Å². The molecule has 290 valence electrons. The molecule has 6 heteroatoms. The summed E-state index contributed by atoms with van der Waals surface area (Å²) in [4.78, 5) is 23.9. The van der Waals surface area contributed by atoms with Gasteiger partial charge in [0.05, 0.1) is 6.10 Å². The summed E-state index contributed by atoms with van der Waals surface area (Å²) < 4.78 is 10.3. The van der Waals surface area contributed by atoms with Crippen LogP contribution in [0, 0.1) is 0 Å². The lowest BCUT2D eigenvalue weighted by Crippen LogP contribution is -2.25. The Morgan fingerprint density at radius 1 is 0.460 bits per heavy atom. The number of esters is 2. The number of rotatable bonds is 37. The fourth-order valence-corrected chi connectivity index (χ4v) is 5.65. The highest BCUT2D eigenvalue weighted by Crippen LogP contribution is 2.15. The second kappa shape index (κ2) is 39.6. The maximum absolute atomic E-state index is 12.0. The zero-order chi connectivity index (χ0) is 36.6. The fourth-order valence-electron chi connectivity index (χ4n) is 5.65. The summed E-state index contributed by atoms with van der Waals surface area (Å²) in [7, 11) is 0. The molecule has 0 aliphatic heterocycles. The maximum Gasteiger partial charge on any atom is 0.305 e. The third-order valence-electron chi connectivity index (χ3n) is 8.98. The Bertz CT molecular complexity index is 861. The number of allylic oxidation sites excluding steroid dienone is 8. The number of hydrogen-bond acceptors (Lipinski definition) is 6. The van der Waals surface area contributed by atoms with E-state index >= 15 is 0 Å². The van der Waals surface area contributed by atoms with Gasteiger partial charge in [0.25, 0.3) is 0 Å². The molecule has 0 fully saturated rings. The molecule has 0 aromatic heterocycles. The van der Waals surface area contributed by atoms with Crippen molar-refractivity contribution in [3.8, 4) is 0 Å². The number of aliphatic hydroxyl groups is 2. The average molecular weight is 703 g/mol. The Balaban J connectivity index is 3.52. The smallest absolute Gasteiger partial charge is 0.305 e. The van der Waals surface area contributed by atoms with E-state index < -0.39 is 6.10 Å². The fraction of sp³-hybridized carbons (Fsp3) is 0.773. The van der Waals surface area contributed by atoms with Gasteiger partial charge in [-0.15, -0.1) is 0 Å². The van der Waals surface area contributed by atoms with Crippen molar-refractivity contribution in [1.29, 1.82) is 0 Å². The van der Waals surface area contributed by atoms with E-state index in [2.05, 4.69) is 55.5 Å². The van der Waals surface area contributed by atoms with Crippen LogP contribution in [0.15, 0.2) is 48.6 Å². The molecule has 0 rings (SSSR count). The molecule has 0 heterocycles. The van der Waals surface area contributed by atoms with Gasteiger partial charge in [0.2, 0.25) is 0 Å². The molecular formula is C44H78O6. The lowest BCUT2D eigenvalue weighted by molar-refractivity contribution is -0.152. The van der Waals surface area contributed by atoms with Gasteiger partial charge in [-0.05, 0) is 57.8 Å². The van der Waals surface area contributed by atoms with Crippen molar-refractivity contribution in [2.24, 2.45) is 0 Å². The molecule has 6 nitrogen and oxygen atoms in total. The number of ether oxygens (including phenoxy) is 2. The summed E-state index contributed by atoms with van der Waals surface area (Å²) in [5.41, 5.74) is 0. The SMILES string of the molecule is CCCCCCCCCCCCCCCCCCCCC(=O)OC[C@H](O)COC(=O)CCC/C=C\C/C=C\C/C=C\C/C=C\CC[C@@H](O)CC. The van der Waals surface area contributed by atoms with Gasteiger partial charge < -0.3 is 19.7 Å². The van der Waals surface area contributed by atoms with Gasteiger partial charge in [-0.3, -0.25) is 9.59 Å². The Morgan fingerprint density at radius 2 is 0.820 bits per heavy atom. The van der Waals surface area contributed by atoms with Crippen LogP contribution in [0.2, 0.25) is 0 Å². The van der Waals surface area contributed by atoms with Crippen molar-refractivity contribution < 1.29 is 29.3 Å². The summed E-state index contributed by atoms with van der Waals surface area (Å²) in [6, 6.07) is 0. The van der Waals surface area contributed by atoms with Gasteiger partial charge in [0.1, 0.15) is 19.3 Å². The minimum atomic E-state index is -0.994. The second-order valence-corrected chi connectivity index (χ2v) is 13.9. The van der Waals surface area contributed by atoms with Gasteiger partial charge in [0, 0.05) is 12.8 Å². The van der Waals surface area contributed by atoms with Crippen LogP contribution in [0.1, 0.15) is 194 Å². The highest BCUT2D eigenvalue weighted by atomic mass is 16.6. The van der Waals surface area contributed by atoms with Crippen molar-refractivity contribution in [2.75, 3.05) is 13.2 Å². The summed E-state index contributed by atoms with van der Waals surface area (Å²) >= 11 is 0. The lowest BCUT2D eigenvalue weighted by atomic mass is 10.0. The molecule has 0 saturated carbocycles. The van der Waals surface area contributed by atoms with Crippen molar-refractivity contribution in [2.45, 2.75) is 206 Å². The third kappa shape index (κ3) is 38.6. The van der Waals surface area contributed by atoms with Crippen molar-refractivity contribution >= 4 is 11.9 Å². The Hall–Kier alpha value is -2.18. The van der Waals surface area contributed by atoms with E-state index in [0.717, 1.165) is 64.2 Å². The zero-order valence-corrected chi connectivity index (χ0v) is 32.5. The topological polar surface area (TPSA) is 93.1 Å². The standard InChI is InChI=1S/C44H78O6/c1-3-5-6-7-8-9-10-11-12-13-14-15-19-22-25-28-31-34-37-43(47)49-39-42(46)40-50-44(48)38-35-32-29-26-23-20-17-16-18-21-24-27-30-33-36-41(45)4-2/h17-18,20-21,26-27,29-30,41-42,45-46H,3-16,19,22-25,28,31-40H2,1-2H3/b20-17-,21-18-,29-26-,30-27-/t41-,42-/m0/s1. The normalized spacial score (nSPS) is 13.3. The van der Waals surface area contributed by atoms with E-state index in [1.54, 1.807) is 0 Å². The Morgan fingerprint density at radius 3 is 1.24 bits per heavy atom. The predicted molar refractivity (Wildman–Crippen MR) is 211 cm³/mol. The number of aliphatic hydroxyl groups excluding tert-OH is 2. The second-order valence-electron chi connectivity index (χ2n) is 13.9. The molecule has 0 bridgehead atoms. The van der Waals surface area contributed by atoms with Crippen LogP contribution in [0.5, 0.6) is 0 Å².